The van der Waals surface area contributed by atoms with Gasteiger partial charge in [0.2, 0.25) is 0 Å². The van der Waals surface area contributed by atoms with Crippen LogP contribution >= 0.6 is 11.3 Å². The SMILES string of the molecule is O=[N+]([O-])c1ccc(CNCC2CCCC2)s1. The van der Waals surface area contributed by atoms with E-state index in [4.69, 9.17) is 0 Å². The fourth-order valence-electron chi connectivity index (χ4n) is 2.17. The second kappa shape index (κ2) is 5.41. The van der Waals surface area contributed by atoms with Gasteiger partial charge in [-0.15, -0.1) is 0 Å². The third kappa shape index (κ3) is 3.02. The molecule has 0 unspecified atom stereocenters. The Morgan fingerprint density at radius 2 is 2.19 bits per heavy atom. The minimum atomic E-state index is -0.328. The molecular formula is C11H16N2O2S. The third-order valence-electron chi connectivity index (χ3n) is 3.03. The van der Waals surface area contributed by atoms with Crippen LogP contribution in [0.25, 0.3) is 0 Å². The predicted octanol–water partition coefficient (Wildman–Crippen LogP) is 2.94. The molecular weight excluding hydrogens is 224 g/mol. The molecule has 1 aliphatic rings. The first-order valence-corrected chi connectivity index (χ1v) is 6.51. The van der Waals surface area contributed by atoms with E-state index in [1.807, 2.05) is 6.07 Å². The Morgan fingerprint density at radius 1 is 1.44 bits per heavy atom. The molecule has 1 aliphatic carbocycles. The van der Waals surface area contributed by atoms with E-state index in [2.05, 4.69) is 5.32 Å². The van der Waals surface area contributed by atoms with E-state index >= 15 is 0 Å². The summed E-state index contributed by atoms with van der Waals surface area (Å²) in [7, 11) is 0. The molecule has 1 heterocycles. The average Bonchev–Trinajstić information content (AvgIpc) is 2.87. The summed E-state index contributed by atoms with van der Waals surface area (Å²) in [6.07, 6.45) is 5.38. The number of nitrogens with one attached hydrogen (secondary N) is 1. The number of hydrogen-bond acceptors (Lipinski definition) is 4. The second-order valence-electron chi connectivity index (χ2n) is 4.28. The maximum absolute atomic E-state index is 10.5. The molecule has 0 spiro atoms. The number of thiophene rings is 1. The van der Waals surface area contributed by atoms with Crippen molar-refractivity contribution >= 4 is 16.3 Å². The molecule has 0 amide bonds. The van der Waals surface area contributed by atoms with Gasteiger partial charge in [0.15, 0.2) is 0 Å². The summed E-state index contributed by atoms with van der Waals surface area (Å²) >= 11 is 1.26. The van der Waals surface area contributed by atoms with E-state index < -0.39 is 0 Å². The van der Waals surface area contributed by atoms with Gasteiger partial charge in [0, 0.05) is 17.5 Å². The highest BCUT2D eigenvalue weighted by Gasteiger charge is 2.14. The highest BCUT2D eigenvalue weighted by atomic mass is 32.1. The lowest BCUT2D eigenvalue weighted by Crippen LogP contribution is -2.20. The maximum atomic E-state index is 10.5. The van der Waals surface area contributed by atoms with Crippen LogP contribution < -0.4 is 5.32 Å². The fourth-order valence-corrected chi connectivity index (χ4v) is 2.96. The van der Waals surface area contributed by atoms with Crippen molar-refractivity contribution in [2.24, 2.45) is 5.92 Å². The fraction of sp³-hybridized carbons (Fsp3) is 0.636. The van der Waals surface area contributed by atoms with Crippen LogP contribution in [0.2, 0.25) is 0 Å². The number of nitrogens with zero attached hydrogens (tertiary/aromatic N) is 1. The molecule has 0 aromatic carbocycles. The van der Waals surface area contributed by atoms with Gasteiger partial charge in [0.25, 0.3) is 0 Å². The normalized spacial score (nSPS) is 16.8. The Kier molecular flexibility index (Phi) is 3.90. The minimum absolute atomic E-state index is 0.234. The Labute approximate surface area is 98.8 Å². The Hall–Kier alpha value is -0.940. The molecule has 4 nitrogen and oxygen atoms in total. The van der Waals surface area contributed by atoms with Gasteiger partial charge in [-0.1, -0.05) is 24.2 Å². The van der Waals surface area contributed by atoms with Crippen LogP contribution in [0.15, 0.2) is 12.1 Å². The Balaban J connectivity index is 1.74. The summed E-state index contributed by atoms with van der Waals surface area (Å²) < 4.78 is 0. The summed E-state index contributed by atoms with van der Waals surface area (Å²) in [5, 5.41) is 14.1. The standard InChI is InChI=1S/C11H16N2O2S/c14-13(15)11-6-5-10(16-11)8-12-7-9-3-1-2-4-9/h5-6,9,12H,1-4,7-8H2. The van der Waals surface area contributed by atoms with Gasteiger partial charge >= 0.3 is 5.00 Å². The molecule has 0 bridgehead atoms. The summed E-state index contributed by atoms with van der Waals surface area (Å²) in [5.74, 6) is 0.815. The van der Waals surface area contributed by atoms with Crippen LogP contribution in [0.3, 0.4) is 0 Å². The molecule has 16 heavy (non-hydrogen) atoms. The van der Waals surface area contributed by atoms with Crippen molar-refractivity contribution in [1.82, 2.24) is 5.32 Å². The van der Waals surface area contributed by atoms with Crippen molar-refractivity contribution in [3.8, 4) is 0 Å². The molecule has 0 radical (unpaired) electrons. The highest BCUT2D eigenvalue weighted by molar-refractivity contribution is 7.15. The van der Waals surface area contributed by atoms with Crippen LogP contribution in [-0.2, 0) is 6.54 Å². The van der Waals surface area contributed by atoms with E-state index in [-0.39, 0.29) is 9.92 Å². The van der Waals surface area contributed by atoms with Crippen molar-refractivity contribution in [1.29, 1.82) is 0 Å². The first-order valence-electron chi connectivity index (χ1n) is 5.69. The van der Waals surface area contributed by atoms with Crippen molar-refractivity contribution in [3.63, 3.8) is 0 Å². The lowest BCUT2D eigenvalue weighted by Gasteiger charge is -2.08. The lowest BCUT2D eigenvalue weighted by molar-refractivity contribution is -0.380. The van der Waals surface area contributed by atoms with Crippen LogP contribution in [0.4, 0.5) is 5.00 Å². The molecule has 1 saturated carbocycles. The first kappa shape index (κ1) is 11.5. The van der Waals surface area contributed by atoms with Gasteiger partial charge in [-0.3, -0.25) is 10.1 Å². The molecule has 0 saturated heterocycles. The zero-order chi connectivity index (χ0) is 11.4. The number of rotatable bonds is 5. The van der Waals surface area contributed by atoms with Crippen molar-refractivity contribution in [2.45, 2.75) is 32.2 Å². The minimum Gasteiger partial charge on any atom is -0.312 e. The van der Waals surface area contributed by atoms with Crippen LogP contribution in [0.5, 0.6) is 0 Å². The molecule has 2 rings (SSSR count). The van der Waals surface area contributed by atoms with E-state index in [0.29, 0.717) is 0 Å². The van der Waals surface area contributed by atoms with E-state index in [0.717, 1.165) is 23.9 Å². The van der Waals surface area contributed by atoms with Crippen LogP contribution in [0, 0.1) is 16.0 Å². The molecule has 0 atom stereocenters. The zero-order valence-electron chi connectivity index (χ0n) is 9.15. The van der Waals surface area contributed by atoms with Gasteiger partial charge < -0.3 is 5.32 Å². The van der Waals surface area contributed by atoms with E-state index in [9.17, 15) is 10.1 Å². The maximum Gasteiger partial charge on any atom is 0.324 e. The quantitative estimate of drug-likeness (QED) is 0.636. The van der Waals surface area contributed by atoms with Gasteiger partial charge in [0.05, 0.1) is 4.92 Å². The van der Waals surface area contributed by atoms with Crippen molar-refractivity contribution in [3.05, 3.63) is 27.1 Å². The molecule has 88 valence electrons. The third-order valence-corrected chi connectivity index (χ3v) is 4.07. The molecule has 0 aliphatic heterocycles. The molecule has 1 aromatic heterocycles. The molecule has 5 heteroatoms. The number of nitro groups is 1. The van der Waals surface area contributed by atoms with E-state index in [1.54, 1.807) is 6.07 Å². The van der Waals surface area contributed by atoms with Crippen LogP contribution in [0.1, 0.15) is 30.6 Å². The monoisotopic (exact) mass is 240 g/mol. The van der Waals surface area contributed by atoms with Gasteiger partial charge in [0.1, 0.15) is 0 Å². The van der Waals surface area contributed by atoms with Crippen LogP contribution in [-0.4, -0.2) is 11.5 Å². The van der Waals surface area contributed by atoms with Gasteiger partial charge in [-0.2, -0.15) is 0 Å². The van der Waals surface area contributed by atoms with Crippen molar-refractivity contribution < 1.29 is 4.92 Å². The van der Waals surface area contributed by atoms with Crippen molar-refractivity contribution in [2.75, 3.05) is 6.54 Å². The smallest absolute Gasteiger partial charge is 0.312 e. The van der Waals surface area contributed by atoms with Gasteiger partial charge in [-0.25, -0.2) is 0 Å². The Bertz CT molecular complexity index is 359. The second-order valence-corrected chi connectivity index (χ2v) is 5.43. The lowest BCUT2D eigenvalue weighted by atomic mass is 10.1. The first-order chi connectivity index (χ1) is 7.75. The summed E-state index contributed by atoms with van der Waals surface area (Å²) in [4.78, 5) is 11.2. The summed E-state index contributed by atoms with van der Waals surface area (Å²) in [6.45, 7) is 1.81. The Morgan fingerprint density at radius 3 is 2.81 bits per heavy atom. The zero-order valence-corrected chi connectivity index (χ0v) is 9.96. The molecule has 1 aromatic rings. The summed E-state index contributed by atoms with van der Waals surface area (Å²) in [6, 6.07) is 3.42. The predicted molar refractivity (Wildman–Crippen MR) is 64.6 cm³/mol. The topological polar surface area (TPSA) is 55.2 Å². The largest absolute Gasteiger partial charge is 0.324 e. The van der Waals surface area contributed by atoms with E-state index in [1.165, 1.54) is 37.0 Å². The average molecular weight is 240 g/mol. The van der Waals surface area contributed by atoms with Gasteiger partial charge in [-0.05, 0) is 31.4 Å². The number of hydrogen-bond donors (Lipinski definition) is 1. The summed E-state index contributed by atoms with van der Waals surface area (Å²) in [5.41, 5.74) is 0. The molecule has 1 N–H and O–H groups in total. The molecule has 1 fully saturated rings. The highest BCUT2D eigenvalue weighted by Crippen LogP contribution is 2.25.